The van der Waals surface area contributed by atoms with Crippen LogP contribution in [0.2, 0.25) is 0 Å². The number of carboxylic acid groups (broad SMARTS) is 2. The molecular weight excluding hydrogens is 472 g/mol. The minimum Gasteiger partial charge on any atom is -0.481 e. The van der Waals surface area contributed by atoms with Gasteiger partial charge in [-0.25, -0.2) is 0 Å². The van der Waals surface area contributed by atoms with Gasteiger partial charge in [0.15, 0.2) is 0 Å². The lowest BCUT2D eigenvalue weighted by Crippen LogP contribution is -2.69. The third-order valence-electron chi connectivity index (χ3n) is 13.6. The zero-order valence-corrected chi connectivity index (χ0v) is 23.1. The lowest BCUT2D eigenvalue weighted by Gasteiger charge is -2.71. The summed E-state index contributed by atoms with van der Waals surface area (Å²) in [4.78, 5) is 25.1. The molecule has 7 heteroatoms. The maximum absolute atomic E-state index is 12.8. The van der Waals surface area contributed by atoms with Crippen molar-refractivity contribution in [2.45, 2.75) is 105 Å². The van der Waals surface area contributed by atoms with Crippen molar-refractivity contribution in [3.63, 3.8) is 0 Å². The lowest BCUT2D eigenvalue weighted by molar-refractivity contribution is -0.253. The van der Waals surface area contributed by atoms with Gasteiger partial charge in [0.2, 0.25) is 0 Å². The van der Waals surface area contributed by atoms with Crippen molar-refractivity contribution in [3.05, 3.63) is 11.6 Å². The summed E-state index contributed by atoms with van der Waals surface area (Å²) < 4.78 is 0. The molecule has 0 aliphatic heterocycles. The average Bonchev–Trinajstić information content (AvgIpc) is 2.83. The Morgan fingerprint density at radius 2 is 1.54 bits per heavy atom. The molecular formula is C30H46O7. The minimum absolute atomic E-state index is 0.0351. The van der Waals surface area contributed by atoms with Crippen molar-refractivity contribution >= 4 is 11.9 Å². The lowest BCUT2D eigenvalue weighted by atomic mass is 9.33. The molecule has 0 heterocycles. The Balaban J connectivity index is 1.62. The topological polar surface area (TPSA) is 135 Å². The molecule has 0 bridgehead atoms. The highest BCUT2D eigenvalue weighted by molar-refractivity contribution is 5.79. The van der Waals surface area contributed by atoms with Crippen molar-refractivity contribution in [3.8, 4) is 0 Å². The molecule has 0 amide bonds. The van der Waals surface area contributed by atoms with Gasteiger partial charge in [0.25, 0.3) is 0 Å². The van der Waals surface area contributed by atoms with Crippen LogP contribution in [-0.2, 0) is 9.59 Å². The molecule has 5 rings (SSSR count). The van der Waals surface area contributed by atoms with E-state index in [9.17, 15) is 35.1 Å². The van der Waals surface area contributed by atoms with E-state index in [1.165, 1.54) is 0 Å². The summed E-state index contributed by atoms with van der Waals surface area (Å²) in [5.74, 6) is -1.90. The van der Waals surface area contributed by atoms with Gasteiger partial charge in [-0.2, -0.15) is 0 Å². The first-order valence-corrected chi connectivity index (χ1v) is 14.2. The summed E-state index contributed by atoms with van der Waals surface area (Å²) >= 11 is 0. The molecule has 5 N–H and O–H groups in total. The Hall–Kier alpha value is -1.44. The van der Waals surface area contributed by atoms with E-state index in [1.54, 1.807) is 6.92 Å². The SMILES string of the molecule is C[C@@]1(C(=O)O)CC[C@]2(C(=O)O)CC[C@]3(C)C(=CC[C@@H]4[C@@]5(C)[C@@H](O)C[C@H](O)[C@](C)(CO)[C@@H]5CC[C@]43C)[C@@H]2C1. The molecule has 4 saturated carbocycles. The number of carboxylic acids is 2. The van der Waals surface area contributed by atoms with E-state index < -0.39 is 45.8 Å². The normalized spacial score (nSPS) is 55.1. The number of aliphatic hydroxyl groups is 3. The smallest absolute Gasteiger partial charge is 0.310 e. The van der Waals surface area contributed by atoms with Crippen molar-refractivity contribution < 1.29 is 35.1 Å². The van der Waals surface area contributed by atoms with E-state index in [2.05, 4.69) is 26.8 Å². The summed E-state index contributed by atoms with van der Waals surface area (Å²) in [6, 6.07) is 0. The largest absolute Gasteiger partial charge is 0.481 e. The van der Waals surface area contributed by atoms with Gasteiger partial charge in [-0.05, 0) is 86.9 Å². The van der Waals surface area contributed by atoms with Gasteiger partial charge in [-0.15, -0.1) is 0 Å². The molecule has 0 aromatic carbocycles. The van der Waals surface area contributed by atoms with E-state index in [1.807, 2.05) is 6.92 Å². The number of carbonyl (C=O) groups is 2. The first-order chi connectivity index (χ1) is 17.1. The molecule has 7 nitrogen and oxygen atoms in total. The predicted octanol–water partition coefficient (Wildman–Crippen LogP) is 4.24. The van der Waals surface area contributed by atoms with Crippen molar-refractivity contribution in [2.75, 3.05) is 6.61 Å². The number of allylic oxidation sites excluding steroid dienone is 2. The number of hydrogen-bond acceptors (Lipinski definition) is 5. The number of aliphatic carboxylic acids is 2. The van der Waals surface area contributed by atoms with E-state index >= 15 is 0 Å². The van der Waals surface area contributed by atoms with Gasteiger partial charge < -0.3 is 25.5 Å². The predicted molar refractivity (Wildman–Crippen MR) is 137 cm³/mol. The summed E-state index contributed by atoms with van der Waals surface area (Å²) in [5, 5.41) is 53.4. The summed E-state index contributed by atoms with van der Waals surface area (Å²) in [6.45, 7) is 10.3. The maximum atomic E-state index is 12.8. The van der Waals surface area contributed by atoms with Gasteiger partial charge in [-0.3, -0.25) is 9.59 Å². The standard InChI is InChI=1S/C30H46O7/c1-25(23(34)35)10-12-30(24(36)37)13-11-27(3)17(18(30)15-25)6-7-20-28(27,4)9-8-19-26(2,16-31)21(32)14-22(33)29(19,20)5/h6,18-22,31-33H,7-16H2,1-5H3,(H,34,35)(H,36,37)/t18-,19-,20-,21-,22-,25+,26+,27+,28+,29-,30-/m0/s1. The summed E-state index contributed by atoms with van der Waals surface area (Å²) in [5.41, 5.74) is -2.45. The molecule has 0 spiro atoms. The van der Waals surface area contributed by atoms with E-state index in [0.29, 0.717) is 32.1 Å². The van der Waals surface area contributed by atoms with Crippen LogP contribution in [0.1, 0.15) is 92.4 Å². The van der Waals surface area contributed by atoms with Gasteiger partial charge in [-0.1, -0.05) is 39.3 Å². The van der Waals surface area contributed by atoms with Gasteiger partial charge in [0, 0.05) is 17.3 Å². The molecule has 0 aromatic rings. The Kier molecular flexibility index (Phi) is 5.90. The number of hydrogen-bond donors (Lipinski definition) is 5. The molecule has 208 valence electrons. The second-order valence-corrected chi connectivity index (χ2v) is 14.7. The fourth-order valence-corrected chi connectivity index (χ4v) is 10.6. The summed E-state index contributed by atoms with van der Waals surface area (Å²) in [6.07, 6.45) is 5.72. The zero-order chi connectivity index (χ0) is 27.4. The molecule has 11 atom stereocenters. The van der Waals surface area contributed by atoms with Crippen LogP contribution in [0, 0.1) is 50.2 Å². The van der Waals surface area contributed by atoms with E-state index in [4.69, 9.17) is 0 Å². The highest BCUT2D eigenvalue weighted by Gasteiger charge is 2.71. The van der Waals surface area contributed by atoms with Crippen LogP contribution >= 0.6 is 0 Å². The average molecular weight is 519 g/mol. The highest BCUT2D eigenvalue weighted by Crippen LogP contribution is 2.75. The third-order valence-corrected chi connectivity index (χ3v) is 13.6. The van der Waals surface area contributed by atoms with Crippen LogP contribution in [0.3, 0.4) is 0 Å². The monoisotopic (exact) mass is 518 g/mol. The fourth-order valence-electron chi connectivity index (χ4n) is 10.6. The molecule has 0 saturated heterocycles. The highest BCUT2D eigenvalue weighted by atomic mass is 16.4. The quantitative estimate of drug-likeness (QED) is 0.353. The Morgan fingerprint density at radius 3 is 2.14 bits per heavy atom. The first kappa shape index (κ1) is 27.1. The van der Waals surface area contributed by atoms with Crippen LogP contribution in [0.15, 0.2) is 11.6 Å². The molecule has 5 aliphatic carbocycles. The Bertz CT molecular complexity index is 1040. The van der Waals surface area contributed by atoms with Crippen LogP contribution in [0.5, 0.6) is 0 Å². The van der Waals surface area contributed by atoms with E-state index in [-0.39, 0.29) is 41.6 Å². The van der Waals surface area contributed by atoms with Crippen molar-refractivity contribution in [2.24, 2.45) is 50.2 Å². The Labute approximate surface area is 220 Å². The van der Waals surface area contributed by atoms with Crippen molar-refractivity contribution in [1.29, 1.82) is 0 Å². The first-order valence-electron chi connectivity index (χ1n) is 14.2. The molecule has 0 unspecified atom stereocenters. The van der Waals surface area contributed by atoms with Crippen molar-refractivity contribution in [1.82, 2.24) is 0 Å². The molecule has 5 aliphatic rings. The van der Waals surface area contributed by atoms with E-state index in [0.717, 1.165) is 24.8 Å². The zero-order valence-electron chi connectivity index (χ0n) is 23.1. The molecule has 0 aromatic heterocycles. The number of rotatable bonds is 3. The minimum atomic E-state index is -0.942. The molecule has 0 radical (unpaired) electrons. The summed E-state index contributed by atoms with van der Waals surface area (Å²) in [7, 11) is 0. The van der Waals surface area contributed by atoms with Gasteiger partial charge >= 0.3 is 11.9 Å². The van der Waals surface area contributed by atoms with Crippen LogP contribution in [0.4, 0.5) is 0 Å². The molecule has 37 heavy (non-hydrogen) atoms. The maximum Gasteiger partial charge on any atom is 0.310 e. The van der Waals surface area contributed by atoms with Crippen LogP contribution in [0.25, 0.3) is 0 Å². The Morgan fingerprint density at radius 1 is 0.892 bits per heavy atom. The second-order valence-electron chi connectivity index (χ2n) is 14.7. The number of fused-ring (bicyclic) bond motifs is 7. The van der Waals surface area contributed by atoms with Gasteiger partial charge in [0.05, 0.1) is 29.6 Å². The van der Waals surface area contributed by atoms with Gasteiger partial charge in [0.1, 0.15) is 0 Å². The van der Waals surface area contributed by atoms with Crippen LogP contribution < -0.4 is 0 Å². The van der Waals surface area contributed by atoms with Crippen LogP contribution in [-0.4, -0.2) is 56.3 Å². The number of aliphatic hydroxyl groups excluding tert-OH is 3. The third kappa shape index (κ3) is 3.11. The fraction of sp³-hybridized carbons (Fsp3) is 0.867. The second kappa shape index (κ2) is 8.04. The molecule has 4 fully saturated rings.